The van der Waals surface area contributed by atoms with Crippen molar-refractivity contribution in [3.63, 3.8) is 0 Å². The molecule has 2 aromatic carbocycles. The summed E-state index contributed by atoms with van der Waals surface area (Å²) in [5.74, 6) is -0.142. The van der Waals surface area contributed by atoms with Crippen LogP contribution in [0.3, 0.4) is 0 Å². The van der Waals surface area contributed by atoms with Crippen LogP contribution in [-0.4, -0.2) is 53.3 Å². The second-order valence-electron chi connectivity index (χ2n) is 7.44. The first-order valence-electron chi connectivity index (χ1n) is 10.3. The number of carbonyl (C=O) groups excluding carboxylic acids is 1. The van der Waals surface area contributed by atoms with E-state index in [2.05, 4.69) is 27.1 Å². The molecule has 1 fully saturated rings. The second-order valence-corrected chi connectivity index (χ2v) is 7.87. The van der Waals surface area contributed by atoms with Gasteiger partial charge in [0.2, 0.25) is 0 Å². The Morgan fingerprint density at radius 2 is 1.87 bits per heavy atom. The van der Waals surface area contributed by atoms with Gasteiger partial charge in [-0.15, -0.1) is 0 Å². The van der Waals surface area contributed by atoms with Crippen molar-refractivity contribution in [2.75, 3.05) is 42.9 Å². The largest absolute Gasteiger partial charge is 0.367 e. The number of carbonyl (C=O) groups is 1. The third kappa shape index (κ3) is 4.83. The average Bonchev–Trinajstić information content (AvgIpc) is 3.27. The molecule has 0 bridgehead atoms. The smallest absolute Gasteiger partial charge is 0.255 e. The van der Waals surface area contributed by atoms with Crippen LogP contribution in [0.15, 0.2) is 60.9 Å². The van der Waals surface area contributed by atoms with Crippen molar-refractivity contribution in [3.05, 3.63) is 77.1 Å². The number of rotatable bonds is 6. The first-order chi connectivity index (χ1) is 14.6. The summed E-state index contributed by atoms with van der Waals surface area (Å²) >= 11 is 6.23. The minimum Gasteiger partial charge on any atom is -0.367 e. The Bertz CT molecular complexity index is 979. The summed E-state index contributed by atoms with van der Waals surface area (Å²) in [5, 5.41) is 7.88. The molecular weight excluding hydrogens is 398 g/mol. The van der Waals surface area contributed by atoms with Crippen molar-refractivity contribution in [3.8, 4) is 0 Å². The van der Waals surface area contributed by atoms with Crippen molar-refractivity contribution in [1.82, 2.24) is 14.7 Å². The molecular formula is C23H26ClN5O. The van der Waals surface area contributed by atoms with Crippen LogP contribution < -0.4 is 10.2 Å². The van der Waals surface area contributed by atoms with Crippen LogP contribution in [0.25, 0.3) is 0 Å². The molecule has 0 unspecified atom stereocenters. The van der Waals surface area contributed by atoms with Crippen molar-refractivity contribution >= 4 is 28.9 Å². The van der Waals surface area contributed by atoms with Crippen molar-refractivity contribution < 1.29 is 4.79 Å². The molecule has 30 heavy (non-hydrogen) atoms. The highest BCUT2D eigenvalue weighted by atomic mass is 35.5. The third-order valence-corrected chi connectivity index (χ3v) is 5.72. The SMILES string of the molecule is CCN1CCN(c2ccc(Cl)cc2NC(=O)c2ccc(Cn3cccn3)cc2)CC1. The molecule has 0 radical (unpaired) electrons. The normalized spacial score (nSPS) is 14.7. The zero-order valence-corrected chi connectivity index (χ0v) is 17.8. The van der Waals surface area contributed by atoms with Crippen LogP contribution in [-0.2, 0) is 6.54 Å². The Morgan fingerprint density at radius 3 is 2.53 bits per heavy atom. The number of anilines is 2. The number of likely N-dealkylation sites (N-methyl/N-ethyl adjacent to an activating group) is 1. The predicted octanol–water partition coefficient (Wildman–Crippen LogP) is 3.98. The minimum absolute atomic E-state index is 0.142. The highest BCUT2D eigenvalue weighted by molar-refractivity contribution is 6.31. The molecule has 1 amide bonds. The molecule has 7 heteroatoms. The maximum Gasteiger partial charge on any atom is 0.255 e. The Balaban J connectivity index is 1.47. The molecule has 4 rings (SSSR count). The molecule has 1 aliphatic heterocycles. The van der Waals surface area contributed by atoms with Gasteiger partial charge in [-0.3, -0.25) is 9.48 Å². The summed E-state index contributed by atoms with van der Waals surface area (Å²) in [6, 6.07) is 15.2. The average molecular weight is 424 g/mol. The highest BCUT2D eigenvalue weighted by Crippen LogP contribution is 2.30. The van der Waals surface area contributed by atoms with Gasteiger partial charge in [-0.1, -0.05) is 30.7 Å². The lowest BCUT2D eigenvalue weighted by Gasteiger charge is -2.36. The summed E-state index contributed by atoms with van der Waals surface area (Å²) < 4.78 is 1.85. The maximum absolute atomic E-state index is 12.9. The van der Waals surface area contributed by atoms with E-state index in [1.54, 1.807) is 6.20 Å². The van der Waals surface area contributed by atoms with E-state index in [4.69, 9.17) is 11.6 Å². The van der Waals surface area contributed by atoms with Crippen molar-refractivity contribution in [2.45, 2.75) is 13.5 Å². The van der Waals surface area contributed by atoms with Gasteiger partial charge in [-0.05, 0) is 48.5 Å². The van der Waals surface area contributed by atoms with Crippen molar-refractivity contribution in [1.29, 1.82) is 0 Å². The number of hydrogen-bond donors (Lipinski definition) is 1. The topological polar surface area (TPSA) is 53.4 Å². The highest BCUT2D eigenvalue weighted by Gasteiger charge is 2.19. The summed E-state index contributed by atoms with van der Waals surface area (Å²) in [6.45, 7) is 7.82. The Morgan fingerprint density at radius 1 is 1.10 bits per heavy atom. The number of amides is 1. The van der Waals surface area contributed by atoms with Gasteiger partial charge in [0.1, 0.15) is 0 Å². The zero-order valence-electron chi connectivity index (χ0n) is 17.1. The van der Waals surface area contributed by atoms with Gasteiger partial charge in [-0.2, -0.15) is 5.10 Å². The van der Waals surface area contributed by atoms with Crippen LogP contribution in [0.5, 0.6) is 0 Å². The lowest BCUT2D eigenvalue weighted by atomic mass is 10.1. The lowest BCUT2D eigenvalue weighted by molar-refractivity contribution is 0.102. The summed E-state index contributed by atoms with van der Waals surface area (Å²) in [4.78, 5) is 17.6. The molecule has 3 aromatic rings. The van der Waals surface area contributed by atoms with Gasteiger partial charge < -0.3 is 15.1 Å². The van der Waals surface area contributed by atoms with Crippen LogP contribution >= 0.6 is 11.6 Å². The fraction of sp³-hybridized carbons (Fsp3) is 0.304. The summed E-state index contributed by atoms with van der Waals surface area (Å²) in [5.41, 5.74) is 3.46. The fourth-order valence-electron chi connectivity index (χ4n) is 3.73. The van der Waals surface area contributed by atoms with E-state index in [9.17, 15) is 4.79 Å². The minimum atomic E-state index is -0.142. The number of benzene rings is 2. The number of nitrogens with one attached hydrogen (secondary N) is 1. The van der Waals surface area contributed by atoms with Gasteiger partial charge in [0.15, 0.2) is 0 Å². The quantitative estimate of drug-likeness (QED) is 0.651. The molecule has 2 heterocycles. The van der Waals surface area contributed by atoms with Gasteiger partial charge in [0, 0.05) is 49.2 Å². The Labute approximate surface area is 182 Å². The van der Waals surface area contributed by atoms with Gasteiger partial charge in [0.05, 0.1) is 17.9 Å². The van der Waals surface area contributed by atoms with E-state index < -0.39 is 0 Å². The molecule has 0 aliphatic carbocycles. The predicted molar refractivity (Wildman–Crippen MR) is 122 cm³/mol. The van der Waals surface area contributed by atoms with E-state index in [1.165, 1.54) is 0 Å². The molecule has 1 N–H and O–H groups in total. The van der Waals surface area contributed by atoms with E-state index in [-0.39, 0.29) is 5.91 Å². The van der Waals surface area contributed by atoms with Crippen LogP contribution in [0.2, 0.25) is 5.02 Å². The van der Waals surface area contributed by atoms with E-state index in [0.717, 1.165) is 49.7 Å². The molecule has 0 spiro atoms. The first kappa shape index (κ1) is 20.4. The number of aromatic nitrogens is 2. The zero-order chi connectivity index (χ0) is 20.9. The lowest BCUT2D eigenvalue weighted by Crippen LogP contribution is -2.46. The summed E-state index contributed by atoms with van der Waals surface area (Å²) in [6.07, 6.45) is 3.67. The first-order valence-corrected chi connectivity index (χ1v) is 10.6. The molecule has 156 valence electrons. The Hall–Kier alpha value is -2.83. The molecule has 6 nitrogen and oxygen atoms in total. The fourth-order valence-corrected chi connectivity index (χ4v) is 3.90. The number of halogens is 1. The van der Waals surface area contributed by atoms with E-state index in [1.807, 2.05) is 59.4 Å². The Kier molecular flexibility index (Phi) is 6.35. The molecule has 0 atom stereocenters. The second kappa shape index (κ2) is 9.32. The monoisotopic (exact) mass is 423 g/mol. The molecule has 1 aromatic heterocycles. The van der Waals surface area contributed by atoms with Gasteiger partial charge in [-0.25, -0.2) is 0 Å². The number of hydrogen-bond acceptors (Lipinski definition) is 4. The van der Waals surface area contributed by atoms with E-state index in [0.29, 0.717) is 17.1 Å². The molecule has 0 saturated carbocycles. The maximum atomic E-state index is 12.9. The van der Waals surface area contributed by atoms with Crippen molar-refractivity contribution in [2.24, 2.45) is 0 Å². The molecule has 1 saturated heterocycles. The van der Waals surface area contributed by atoms with Gasteiger partial charge >= 0.3 is 0 Å². The van der Waals surface area contributed by atoms with Gasteiger partial charge in [0.25, 0.3) is 5.91 Å². The standard InChI is InChI=1S/C23H26ClN5O/c1-2-27-12-14-28(15-13-27)22-9-8-20(24)16-21(22)26-23(30)19-6-4-18(5-7-19)17-29-11-3-10-25-29/h3-11,16H,2,12-15,17H2,1H3,(H,26,30). The third-order valence-electron chi connectivity index (χ3n) is 5.49. The van der Waals surface area contributed by atoms with E-state index >= 15 is 0 Å². The van der Waals surface area contributed by atoms with Crippen LogP contribution in [0.4, 0.5) is 11.4 Å². The summed E-state index contributed by atoms with van der Waals surface area (Å²) in [7, 11) is 0. The van der Waals surface area contributed by atoms with Crippen LogP contribution in [0.1, 0.15) is 22.8 Å². The molecule has 1 aliphatic rings. The van der Waals surface area contributed by atoms with Crippen LogP contribution in [0, 0.1) is 0 Å². The number of piperazine rings is 1. The number of nitrogens with zero attached hydrogens (tertiary/aromatic N) is 4.